The molecule has 4 heteroatoms. The molecule has 73 valence electrons. The van der Waals surface area contributed by atoms with Crippen molar-refractivity contribution in [3.8, 4) is 0 Å². The Morgan fingerprint density at radius 1 is 1.17 bits per heavy atom. The van der Waals surface area contributed by atoms with Crippen molar-refractivity contribution in [3.63, 3.8) is 0 Å². The van der Waals surface area contributed by atoms with Gasteiger partial charge in [-0.3, -0.25) is 0 Å². The summed E-state index contributed by atoms with van der Waals surface area (Å²) in [5.74, 6) is 0. The van der Waals surface area contributed by atoms with Gasteiger partial charge in [-0.15, -0.1) is 0 Å². The van der Waals surface area contributed by atoms with E-state index < -0.39 is 0 Å². The van der Waals surface area contributed by atoms with E-state index in [9.17, 15) is 0 Å². The summed E-state index contributed by atoms with van der Waals surface area (Å²) in [6.45, 7) is 5.00. The molecule has 1 radical (unpaired) electrons. The van der Waals surface area contributed by atoms with Crippen LogP contribution in [0.15, 0.2) is 30.3 Å². The van der Waals surface area contributed by atoms with Crippen LogP contribution >= 0.6 is 23.7 Å². The number of hydrogen-bond donors (Lipinski definition) is 0. The van der Waals surface area contributed by atoms with Crippen molar-refractivity contribution >= 4 is 23.7 Å². The maximum Gasteiger partial charge on any atom is 0.0832 e. The zero-order valence-electron chi connectivity index (χ0n) is 7.21. The molecule has 0 fully saturated rings. The van der Waals surface area contributed by atoms with Crippen molar-refractivity contribution in [2.75, 3.05) is 0 Å². The monoisotopic (exact) mass is 246 g/mol. The van der Waals surface area contributed by atoms with Crippen molar-refractivity contribution in [2.24, 2.45) is 0 Å². The zero-order valence-corrected chi connectivity index (χ0v) is 10.1. The topological polar surface area (TPSA) is 9.23 Å². The molecule has 0 aliphatic carbocycles. The molecule has 0 spiro atoms. The third-order valence-corrected chi connectivity index (χ3v) is 0.556. The van der Waals surface area contributed by atoms with Gasteiger partial charge in [-0.2, -0.15) is 29.0 Å². The predicted octanol–water partition coefficient (Wildman–Crippen LogP) is 4.00. The van der Waals surface area contributed by atoms with Crippen molar-refractivity contribution in [1.82, 2.24) is 0 Å². The third-order valence-electron chi connectivity index (χ3n) is 0.556. The van der Waals surface area contributed by atoms with Crippen LogP contribution in [0, 0.1) is 14.4 Å². The first-order valence-corrected chi connectivity index (χ1v) is 3.30. The number of rotatable bonds is 0. The molecule has 1 nitrogen and oxygen atoms in total. The molecule has 1 rings (SSSR count). The second-order valence-corrected chi connectivity index (χ2v) is 1.49. The van der Waals surface area contributed by atoms with Gasteiger partial charge in [0.15, 0.2) is 0 Å². The molecule has 0 aliphatic heterocycles. The summed E-state index contributed by atoms with van der Waals surface area (Å²) in [6.07, 6.45) is 0. The molecule has 1 aromatic carbocycles. The van der Waals surface area contributed by atoms with Gasteiger partial charge in [-0.05, 0) is 0 Å². The van der Waals surface area contributed by atoms with Gasteiger partial charge in [0.2, 0.25) is 0 Å². The smallest absolute Gasteiger partial charge is 0.0832 e. The molecule has 0 aromatic heterocycles. The van der Waals surface area contributed by atoms with Crippen LogP contribution in [0.25, 0.3) is 0 Å². The van der Waals surface area contributed by atoms with E-state index in [1.54, 1.807) is 6.92 Å². The number of hydrogen-bond acceptors (Lipinski definition) is 1. The maximum atomic E-state index is 4.26. The molecule has 0 amide bonds. The Morgan fingerprint density at radius 2 is 1.42 bits per heavy atom. The Bertz CT molecular complexity index is 84.0. The van der Waals surface area contributed by atoms with E-state index in [0.29, 0.717) is 0 Å². The minimum atomic E-state index is 0. The summed E-state index contributed by atoms with van der Waals surface area (Å²) in [4.78, 5) is 0. The van der Waals surface area contributed by atoms with Gasteiger partial charge in [-0.25, -0.2) is 12.1 Å². The summed E-state index contributed by atoms with van der Waals surface area (Å²) in [7, 11) is 0. The Hall–Kier alpha value is 0.474. The van der Waals surface area contributed by atoms with Crippen LogP contribution in [0.2, 0.25) is 0 Å². The van der Waals surface area contributed by atoms with E-state index in [1.165, 1.54) is 0 Å². The van der Waals surface area contributed by atoms with E-state index in [0.717, 1.165) is 0 Å². The van der Waals surface area contributed by atoms with Crippen LogP contribution < -0.4 is 0 Å². The van der Waals surface area contributed by atoms with Crippen molar-refractivity contribution in [1.29, 1.82) is 0 Å². The Kier molecular flexibility index (Phi) is 57.2. The van der Waals surface area contributed by atoms with Gasteiger partial charge in [0, 0.05) is 18.6 Å². The molecular weight excluding hydrogens is 234 g/mol. The average molecular weight is 247 g/mol. The summed E-state index contributed by atoms with van der Waals surface area (Å²) < 4.78 is 3.19. The standard InChI is InChI=1S/C5H5.C2H5.CH3.Cl2O.V/c1-2-4-5-3-1;1-2;;1-3-2;/h1-5H;1H2,2H3;1H3;;/q3*-1;;. The van der Waals surface area contributed by atoms with Gasteiger partial charge in [0.1, 0.15) is 0 Å². The third kappa shape index (κ3) is 31.4. The van der Waals surface area contributed by atoms with E-state index in [-0.39, 0.29) is 26.0 Å². The first-order chi connectivity index (χ1) is 4.91. The first kappa shape index (κ1) is 22.9. The Morgan fingerprint density at radius 3 is 1.50 bits per heavy atom. The Balaban J connectivity index is -0.0000000415. The minimum absolute atomic E-state index is 0. The normalized spacial score (nSPS) is 5.33. The second kappa shape index (κ2) is 30.0. The van der Waals surface area contributed by atoms with E-state index in [1.807, 2.05) is 30.3 Å². The molecule has 0 N–H and O–H groups in total. The molecule has 1 aromatic rings. The molecule has 0 saturated heterocycles. The molecule has 0 saturated carbocycles. The Labute approximate surface area is 97.6 Å². The molecule has 0 unspecified atom stereocenters. The quantitative estimate of drug-likeness (QED) is 0.629. The number of halogens is 2. The minimum Gasteiger partial charge on any atom is -0.358 e. The van der Waals surface area contributed by atoms with Gasteiger partial charge < -0.3 is 14.4 Å². The molecular formula is C8H13Cl2OV-3. The van der Waals surface area contributed by atoms with Crippen LogP contribution in [0.5, 0.6) is 0 Å². The fraction of sp³-hybridized carbons (Fsp3) is 0.125. The molecule has 0 heterocycles. The average Bonchev–Trinajstić information content (AvgIpc) is 2.48. The van der Waals surface area contributed by atoms with Crippen molar-refractivity contribution in [3.05, 3.63) is 44.7 Å². The maximum absolute atomic E-state index is 4.26. The van der Waals surface area contributed by atoms with Crippen molar-refractivity contribution < 1.29 is 22.4 Å². The van der Waals surface area contributed by atoms with Crippen molar-refractivity contribution in [2.45, 2.75) is 6.92 Å². The zero-order chi connectivity index (χ0) is 8.24. The molecule has 0 bridgehead atoms. The SMILES string of the molecule is ClOCl.[CH2-]C.[CH3-].[V].c1cc[cH-]c1. The molecule has 0 atom stereocenters. The van der Waals surface area contributed by atoms with Crippen LogP contribution in [0.1, 0.15) is 6.92 Å². The summed E-state index contributed by atoms with van der Waals surface area (Å²) >= 11 is 8.53. The predicted molar refractivity (Wildman–Crippen MR) is 52.3 cm³/mol. The second-order valence-electron chi connectivity index (χ2n) is 1.02. The van der Waals surface area contributed by atoms with Gasteiger partial charge >= 0.3 is 0 Å². The van der Waals surface area contributed by atoms with Crippen LogP contribution in [-0.4, -0.2) is 0 Å². The van der Waals surface area contributed by atoms with E-state index in [4.69, 9.17) is 0 Å². The van der Waals surface area contributed by atoms with E-state index in [2.05, 4.69) is 34.5 Å². The van der Waals surface area contributed by atoms with E-state index >= 15 is 0 Å². The van der Waals surface area contributed by atoms with Gasteiger partial charge in [0.25, 0.3) is 0 Å². The van der Waals surface area contributed by atoms with Gasteiger partial charge in [0.05, 0.1) is 23.7 Å². The summed E-state index contributed by atoms with van der Waals surface area (Å²) in [6, 6.07) is 10.0. The summed E-state index contributed by atoms with van der Waals surface area (Å²) in [5.41, 5.74) is 0. The molecule has 12 heavy (non-hydrogen) atoms. The largest absolute Gasteiger partial charge is 0.358 e. The fourth-order valence-corrected chi connectivity index (χ4v) is 0.321. The van der Waals surface area contributed by atoms with Crippen LogP contribution in [0.3, 0.4) is 0 Å². The summed E-state index contributed by atoms with van der Waals surface area (Å²) in [5, 5.41) is 0. The fourth-order valence-electron chi connectivity index (χ4n) is 0.321. The van der Waals surface area contributed by atoms with Gasteiger partial charge in [-0.1, -0.05) is 0 Å². The van der Waals surface area contributed by atoms with Crippen LogP contribution in [-0.2, 0) is 22.4 Å². The van der Waals surface area contributed by atoms with Crippen LogP contribution in [0.4, 0.5) is 0 Å². The molecule has 0 aliphatic rings. The first-order valence-electron chi connectivity index (χ1n) is 2.68.